The van der Waals surface area contributed by atoms with Crippen molar-refractivity contribution in [3.63, 3.8) is 0 Å². The van der Waals surface area contributed by atoms with Crippen molar-refractivity contribution in [3.05, 3.63) is 52.5 Å². The first-order valence-corrected chi connectivity index (χ1v) is 9.13. The van der Waals surface area contributed by atoms with Crippen LogP contribution < -0.4 is 0 Å². The highest BCUT2D eigenvalue weighted by molar-refractivity contribution is 7.07. The topological polar surface area (TPSA) is 53.5 Å². The van der Waals surface area contributed by atoms with E-state index in [0.29, 0.717) is 25.3 Å². The Labute approximate surface area is 144 Å². The highest BCUT2D eigenvalue weighted by Gasteiger charge is 2.53. The van der Waals surface area contributed by atoms with Crippen LogP contribution in [0.5, 0.6) is 0 Å². The van der Waals surface area contributed by atoms with Gasteiger partial charge in [0, 0.05) is 31.6 Å². The maximum atomic E-state index is 12.7. The average molecular weight is 341 g/mol. The third kappa shape index (κ3) is 2.60. The Bertz CT molecular complexity index is 737. The highest BCUT2D eigenvalue weighted by atomic mass is 32.1. The van der Waals surface area contributed by atoms with Crippen LogP contribution in [0.1, 0.15) is 28.9 Å². The van der Waals surface area contributed by atoms with E-state index in [1.54, 1.807) is 10.9 Å². The lowest BCUT2D eigenvalue weighted by Crippen LogP contribution is -2.64. The number of piperidine rings is 1. The lowest BCUT2D eigenvalue weighted by atomic mass is 9.71. The van der Waals surface area contributed by atoms with E-state index in [2.05, 4.69) is 4.98 Å². The molecule has 0 saturated carbocycles. The number of hydrogen-bond donors (Lipinski definition) is 0. The van der Waals surface area contributed by atoms with Crippen molar-refractivity contribution in [3.8, 4) is 0 Å². The predicted molar refractivity (Wildman–Crippen MR) is 91.5 cm³/mol. The van der Waals surface area contributed by atoms with Crippen LogP contribution >= 0.6 is 11.3 Å². The summed E-state index contributed by atoms with van der Waals surface area (Å²) in [5.74, 6) is 0.228. The SMILES string of the molecule is O=C(c1cscn1)N1CCC2(CC1)CN(Cc1ccccc1)C2=O. The average Bonchev–Trinajstić information content (AvgIpc) is 3.16. The van der Waals surface area contributed by atoms with Gasteiger partial charge in [0.15, 0.2) is 0 Å². The minimum atomic E-state index is -0.242. The molecule has 2 aliphatic rings. The van der Waals surface area contributed by atoms with E-state index >= 15 is 0 Å². The zero-order chi connectivity index (χ0) is 16.6. The van der Waals surface area contributed by atoms with E-state index < -0.39 is 0 Å². The van der Waals surface area contributed by atoms with Crippen LogP contribution in [0, 0.1) is 5.41 Å². The fourth-order valence-corrected chi connectivity index (χ4v) is 4.20. The maximum Gasteiger partial charge on any atom is 0.273 e. The molecule has 3 heterocycles. The van der Waals surface area contributed by atoms with E-state index in [1.807, 2.05) is 40.1 Å². The highest BCUT2D eigenvalue weighted by Crippen LogP contribution is 2.42. The van der Waals surface area contributed by atoms with Gasteiger partial charge in [-0.15, -0.1) is 11.3 Å². The minimum absolute atomic E-state index is 0.0148. The Morgan fingerprint density at radius 3 is 2.58 bits per heavy atom. The fraction of sp³-hybridized carbons (Fsp3) is 0.389. The molecule has 1 aromatic heterocycles. The number of β-lactam (4-membered cyclic amide) rings is 1. The molecule has 124 valence electrons. The van der Waals surface area contributed by atoms with E-state index in [1.165, 1.54) is 11.3 Å². The van der Waals surface area contributed by atoms with Crippen molar-refractivity contribution in [1.82, 2.24) is 14.8 Å². The van der Waals surface area contributed by atoms with Crippen LogP contribution in [0.4, 0.5) is 0 Å². The third-order valence-corrected chi connectivity index (χ3v) is 5.70. The van der Waals surface area contributed by atoms with Crippen LogP contribution in [0.2, 0.25) is 0 Å². The van der Waals surface area contributed by atoms with E-state index in [9.17, 15) is 9.59 Å². The molecule has 5 nitrogen and oxygen atoms in total. The summed E-state index contributed by atoms with van der Waals surface area (Å²) in [6.45, 7) is 2.77. The smallest absolute Gasteiger partial charge is 0.273 e. The summed E-state index contributed by atoms with van der Waals surface area (Å²) in [4.78, 5) is 32.8. The fourth-order valence-electron chi connectivity index (χ4n) is 3.67. The summed E-state index contributed by atoms with van der Waals surface area (Å²) >= 11 is 1.43. The normalized spacial score (nSPS) is 19.4. The lowest BCUT2D eigenvalue weighted by molar-refractivity contribution is -0.165. The van der Waals surface area contributed by atoms with Crippen LogP contribution in [0.3, 0.4) is 0 Å². The zero-order valence-electron chi connectivity index (χ0n) is 13.4. The first-order valence-electron chi connectivity index (χ1n) is 8.19. The Morgan fingerprint density at radius 2 is 1.96 bits per heavy atom. The number of thiazole rings is 1. The number of carbonyl (C=O) groups excluding carboxylic acids is 2. The number of amides is 2. The van der Waals surface area contributed by atoms with Crippen molar-refractivity contribution in [2.24, 2.45) is 5.41 Å². The van der Waals surface area contributed by atoms with Crippen molar-refractivity contribution >= 4 is 23.2 Å². The van der Waals surface area contributed by atoms with E-state index in [-0.39, 0.29) is 17.2 Å². The number of carbonyl (C=O) groups is 2. The largest absolute Gasteiger partial charge is 0.337 e. The number of likely N-dealkylation sites (tertiary alicyclic amines) is 2. The Balaban J connectivity index is 1.35. The Kier molecular flexibility index (Phi) is 3.84. The molecule has 2 saturated heterocycles. The second-order valence-electron chi connectivity index (χ2n) is 6.59. The molecule has 0 bridgehead atoms. The minimum Gasteiger partial charge on any atom is -0.337 e. The van der Waals surface area contributed by atoms with Gasteiger partial charge in [0.2, 0.25) is 5.91 Å². The molecule has 1 aromatic carbocycles. The van der Waals surface area contributed by atoms with Crippen LogP contribution in [0.25, 0.3) is 0 Å². The van der Waals surface area contributed by atoms with Crippen molar-refractivity contribution in [1.29, 1.82) is 0 Å². The van der Waals surface area contributed by atoms with Crippen molar-refractivity contribution < 1.29 is 9.59 Å². The molecule has 2 aromatic rings. The standard InChI is InChI=1S/C18H19N3O2S/c22-16(15-11-24-13-19-15)20-8-6-18(7-9-20)12-21(17(18)23)10-14-4-2-1-3-5-14/h1-5,11,13H,6-10,12H2. The molecular formula is C18H19N3O2S. The second-order valence-corrected chi connectivity index (χ2v) is 7.31. The molecule has 24 heavy (non-hydrogen) atoms. The third-order valence-electron chi connectivity index (χ3n) is 5.11. The van der Waals surface area contributed by atoms with Gasteiger partial charge < -0.3 is 9.80 Å². The Hall–Kier alpha value is -2.21. The number of nitrogens with zero attached hydrogens (tertiary/aromatic N) is 3. The molecule has 6 heteroatoms. The van der Waals surface area contributed by atoms with E-state index in [4.69, 9.17) is 0 Å². The molecule has 0 atom stereocenters. The number of benzene rings is 1. The van der Waals surface area contributed by atoms with Gasteiger partial charge in [-0.1, -0.05) is 30.3 Å². The summed E-state index contributed by atoms with van der Waals surface area (Å²) in [6.07, 6.45) is 1.51. The molecule has 4 rings (SSSR count). The summed E-state index contributed by atoms with van der Waals surface area (Å²) in [5, 5.41) is 1.78. The second kappa shape index (κ2) is 6.02. The molecule has 2 aliphatic heterocycles. The zero-order valence-corrected chi connectivity index (χ0v) is 14.2. The van der Waals surface area contributed by atoms with Gasteiger partial charge in [0.1, 0.15) is 5.69 Å². The predicted octanol–water partition coefficient (Wildman–Crippen LogP) is 2.41. The number of hydrogen-bond acceptors (Lipinski definition) is 4. The van der Waals surface area contributed by atoms with Gasteiger partial charge in [-0.25, -0.2) is 4.98 Å². The Morgan fingerprint density at radius 1 is 1.21 bits per heavy atom. The lowest BCUT2D eigenvalue weighted by Gasteiger charge is -2.52. The first-order chi connectivity index (χ1) is 11.7. The molecule has 2 fully saturated rings. The van der Waals surface area contributed by atoms with Crippen LogP contribution in [-0.2, 0) is 11.3 Å². The molecular weight excluding hydrogens is 322 g/mol. The number of rotatable bonds is 3. The van der Waals surface area contributed by atoms with Crippen molar-refractivity contribution in [2.75, 3.05) is 19.6 Å². The number of aromatic nitrogens is 1. The molecule has 0 N–H and O–H groups in total. The molecule has 0 aliphatic carbocycles. The summed E-state index contributed by atoms with van der Waals surface area (Å²) < 4.78 is 0. The molecule has 0 radical (unpaired) electrons. The molecule has 0 unspecified atom stereocenters. The van der Waals surface area contributed by atoms with Gasteiger partial charge in [-0.05, 0) is 18.4 Å². The van der Waals surface area contributed by atoms with Gasteiger partial charge in [0.25, 0.3) is 5.91 Å². The maximum absolute atomic E-state index is 12.7. The summed E-state index contributed by atoms with van der Waals surface area (Å²) in [7, 11) is 0. The van der Waals surface area contributed by atoms with E-state index in [0.717, 1.165) is 24.9 Å². The summed E-state index contributed by atoms with van der Waals surface area (Å²) in [6, 6.07) is 10.1. The van der Waals surface area contributed by atoms with Gasteiger partial charge in [-0.3, -0.25) is 9.59 Å². The van der Waals surface area contributed by atoms with Gasteiger partial charge >= 0.3 is 0 Å². The molecule has 2 amide bonds. The first kappa shape index (κ1) is 15.3. The quantitative estimate of drug-likeness (QED) is 0.806. The van der Waals surface area contributed by atoms with Gasteiger partial charge in [0.05, 0.1) is 10.9 Å². The molecule has 1 spiro atoms. The summed E-state index contributed by atoms with van der Waals surface area (Å²) in [5.41, 5.74) is 3.11. The monoisotopic (exact) mass is 341 g/mol. The van der Waals surface area contributed by atoms with Crippen LogP contribution in [0.15, 0.2) is 41.2 Å². The van der Waals surface area contributed by atoms with Crippen LogP contribution in [-0.4, -0.2) is 46.2 Å². The van der Waals surface area contributed by atoms with Crippen molar-refractivity contribution in [2.45, 2.75) is 19.4 Å². The van der Waals surface area contributed by atoms with Gasteiger partial charge in [-0.2, -0.15) is 0 Å².